The van der Waals surface area contributed by atoms with Gasteiger partial charge < -0.3 is 15.2 Å². The van der Waals surface area contributed by atoms with Crippen LogP contribution in [0.25, 0.3) is 0 Å². The Kier molecular flexibility index (Phi) is 4.26. The van der Waals surface area contributed by atoms with Crippen molar-refractivity contribution in [3.05, 3.63) is 28.2 Å². The Morgan fingerprint density at radius 3 is 2.71 bits per heavy atom. The Hall–Kier alpha value is -1.97. The van der Waals surface area contributed by atoms with Crippen molar-refractivity contribution >= 4 is 29.3 Å². The number of rotatable bonds is 3. The Bertz CT molecular complexity index is 629. The average molecular weight is 321 g/mol. The van der Waals surface area contributed by atoms with Gasteiger partial charge in [-0.3, -0.25) is 14.4 Å². The maximum Gasteiger partial charge on any atom is 0.417 e. The summed E-state index contributed by atoms with van der Waals surface area (Å²) in [6.45, 7) is -0.304. The molecule has 0 aliphatic carbocycles. The number of carbonyl (C=O) groups is 2. The lowest BCUT2D eigenvalue weighted by atomic mass is 10.2. The molecule has 1 fully saturated rings. The van der Waals surface area contributed by atoms with E-state index in [0.717, 1.165) is 0 Å². The highest BCUT2D eigenvalue weighted by atomic mass is 32.2. The zero-order chi connectivity index (χ0) is 15.6. The van der Waals surface area contributed by atoms with Gasteiger partial charge >= 0.3 is 6.18 Å². The van der Waals surface area contributed by atoms with Gasteiger partial charge in [0.1, 0.15) is 12.2 Å². The third-order valence-corrected chi connectivity index (χ3v) is 3.61. The van der Waals surface area contributed by atoms with E-state index in [2.05, 4.69) is 5.32 Å². The van der Waals surface area contributed by atoms with E-state index < -0.39 is 28.9 Å². The Morgan fingerprint density at radius 2 is 2.14 bits per heavy atom. The predicted octanol–water partition coefficient (Wildman–Crippen LogP) is 0.865. The molecule has 1 aliphatic heterocycles. The van der Waals surface area contributed by atoms with Gasteiger partial charge in [-0.25, -0.2) is 0 Å². The zero-order valence-corrected chi connectivity index (χ0v) is 11.3. The quantitative estimate of drug-likeness (QED) is 0.865. The number of hydrogen-bond acceptors (Lipinski definition) is 4. The highest BCUT2D eigenvalue weighted by molar-refractivity contribution is 8.00. The van der Waals surface area contributed by atoms with Crippen LogP contribution in [0.1, 0.15) is 5.56 Å². The van der Waals surface area contributed by atoms with Crippen LogP contribution in [0.15, 0.2) is 17.1 Å². The van der Waals surface area contributed by atoms with Gasteiger partial charge in [0.05, 0.1) is 17.2 Å². The Morgan fingerprint density at radius 1 is 1.43 bits per heavy atom. The summed E-state index contributed by atoms with van der Waals surface area (Å²) in [5, 5.41) is 2.08. The van der Waals surface area contributed by atoms with Gasteiger partial charge in [0.25, 0.3) is 5.56 Å². The molecule has 0 bridgehead atoms. The van der Waals surface area contributed by atoms with Gasteiger partial charge in [-0.2, -0.15) is 13.2 Å². The van der Waals surface area contributed by atoms with Crippen LogP contribution in [0.3, 0.4) is 0 Å². The summed E-state index contributed by atoms with van der Waals surface area (Å²) in [7, 11) is 0. The normalized spacial score (nSPS) is 15.4. The van der Waals surface area contributed by atoms with E-state index in [1.54, 1.807) is 0 Å². The fourth-order valence-corrected chi connectivity index (χ4v) is 2.55. The summed E-state index contributed by atoms with van der Waals surface area (Å²) >= 11 is 1.33. The molecular formula is C11H10F3N3O3S. The summed E-state index contributed by atoms with van der Waals surface area (Å²) in [5.41, 5.74) is -2.43. The first-order valence-electron chi connectivity index (χ1n) is 5.72. The van der Waals surface area contributed by atoms with Gasteiger partial charge in [0.2, 0.25) is 11.8 Å². The second kappa shape index (κ2) is 5.80. The molecular weight excluding hydrogens is 311 g/mol. The van der Waals surface area contributed by atoms with Crippen molar-refractivity contribution in [1.82, 2.24) is 9.88 Å². The van der Waals surface area contributed by atoms with Gasteiger partial charge in [0.15, 0.2) is 0 Å². The lowest BCUT2D eigenvalue weighted by molar-refractivity contribution is -0.137. The molecule has 1 aromatic heterocycles. The highest BCUT2D eigenvalue weighted by Crippen LogP contribution is 2.29. The smallest absolute Gasteiger partial charge is 0.327 e. The Balaban J connectivity index is 2.10. The first-order valence-corrected chi connectivity index (χ1v) is 6.88. The number of anilines is 1. The van der Waals surface area contributed by atoms with E-state index in [0.29, 0.717) is 18.1 Å². The minimum absolute atomic E-state index is 0.229. The van der Waals surface area contributed by atoms with Crippen molar-refractivity contribution in [3.8, 4) is 0 Å². The van der Waals surface area contributed by atoms with Crippen molar-refractivity contribution < 1.29 is 22.8 Å². The number of hydrogen-bond donors (Lipinski definition) is 2. The monoisotopic (exact) mass is 321 g/mol. The molecule has 2 amide bonds. The highest BCUT2D eigenvalue weighted by Gasteiger charge is 2.31. The van der Waals surface area contributed by atoms with Crippen LogP contribution in [-0.4, -0.2) is 39.9 Å². The first-order chi connectivity index (χ1) is 9.77. The van der Waals surface area contributed by atoms with Crippen LogP contribution in [-0.2, 0) is 15.8 Å². The van der Waals surface area contributed by atoms with Crippen LogP contribution in [0, 0.1) is 0 Å². The maximum absolute atomic E-state index is 12.5. The number of thioether (sulfide) groups is 1. The van der Waals surface area contributed by atoms with Crippen molar-refractivity contribution in [3.63, 3.8) is 0 Å². The van der Waals surface area contributed by atoms with Crippen LogP contribution in [0.2, 0.25) is 0 Å². The molecule has 1 aromatic rings. The number of carbonyl (C=O) groups excluding carboxylic acids is 2. The molecule has 0 atom stereocenters. The van der Waals surface area contributed by atoms with Gasteiger partial charge in [0, 0.05) is 6.20 Å². The number of aromatic amines is 1. The van der Waals surface area contributed by atoms with E-state index in [1.807, 2.05) is 4.98 Å². The number of nitrogens with zero attached hydrogens (tertiary/aromatic N) is 1. The molecule has 2 heterocycles. The number of aromatic nitrogens is 1. The number of H-pyrrole nitrogens is 1. The topological polar surface area (TPSA) is 82.3 Å². The van der Waals surface area contributed by atoms with Crippen molar-refractivity contribution in [2.75, 3.05) is 23.5 Å². The second-order valence-electron chi connectivity index (χ2n) is 4.25. The summed E-state index contributed by atoms with van der Waals surface area (Å²) in [4.78, 5) is 37.6. The van der Waals surface area contributed by atoms with E-state index in [1.165, 1.54) is 16.7 Å². The van der Waals surface area contributed by atoms with Gasteiger partial charge in [-0.15, -0.1) is 11.8 Å². The first kappa shape index (κ1) is 15.4. The molecule has 114 valence electrons. The molecule has 21 heavy (non-hydrogen) atoms. The lowest BCUT2D eigenvalue weighted by Crippen LogP contribution is -2.35. The van der Waals surface area contributed by atoms with E-state index in [4.69, 9.17) is 0 Å². The van der Waals surface area contributed by atoms with Crippen molar-refractivity contribution in [2.24, 2.45) is 0 Å². The lowest BCUT2D eigenvalue weighted by Gasteiger charge is -2.14. The van der Waals surface area contributed by atoms with E-state index in [-0.39, 0.29) is 18.2 Å². The molecule has 6 nitrogen and oxygen atoms in total. The molecule has 0 radical (unpaired) electrons. The van der Waals surface area contributed by atoms with Crippen LogP contribution >= 0.6 is 11.8 Å². The number of pyridine rings is 1. The largest absolute Gasteiger partial charge is 0.417 e. The number of amides is 2. The fraction of sp³-hybridized carbons (Fsp3) is 0.364. The molecule has 1 aliphatic rings. The fourth-order valence-electron chi connectivity index (χ4n) is 1.64. The minimum Gasteiger partial charge on any atom is -0.327 e. The van der Waals surface area contributed by atoms with Crippen LogP contribution < -0.4 is 10.9 Å². The SMILES string of the molecule is O=C(CN1CSCC1=O)Nc1cc(C(F)(F)F)c[nH]c1=O. The molecule has 10 heteroatoms. The minimum atomic E-state index is -4.63. The molecule has 0 unspecified atom stereocenters. The van der Waals surface area contributed by atoms with Crippen molar-refractivity contribution in [2.45, 2.75) is 6.18 Å². The van der Waals surface area contributed by atoms with Gasteiger partial charge in [-0.1, -0.05) is 0 Å². The summed E-state index contributed by atoms with van der Waals surface area (Å²) in [6, 6.07) is 0.553. The number of alkyl halides is 3. The summed E-state index contributed by atoms with van der Waals surface area (Å²) < 4.78 is 37.6. The summed E-state index contributed by atoms with van der Waals surface area (Å²) in [6.07, 6.45) is -4.11. The van der Waals surface area contributed by atoms with Crippen molar-refractivity contribution in [1.29, 1.82) is 0 Å². The molecule has 0 spiro atoms. The predicted molar refractivity (Wildman–Crippen MR) is 69.7 cm³/mol. The van der Waals surface area contributed by atoms with E-state index in [9.17, 15) is 27.6 Å². The summed E-state index contributed by atoms with van der Waals surface area (Å²) in [5.74, 6) is -0.355. The standard InChI is InChI=1S/C11H10F3N3O3S/c12-11(13,14)6-1-7(10(20)15-2-6)16-8(18)3-17-5-21-4-9(17)19/h1-2H,3-5H2,(H,15,20)(H,16,18). The van der Waals surface area contributed by atoms with Crippen LogP contribution in [0.4, 0.5) is 18.9 Å². The maximum atomic E-state index is 12.5. The second-order valence-corrected chi connectivity index (χ2v) is 5.20. The van der Waals surface area contributed by atoms with Gasteiger partial charge in [-0.05, 0) is 6.07 Å². The Labute approximate surface area is 120 Å². The molecule has 1 saturated heterocycles. The zero-order valence-electron chi connectivity index (χ0n) is 10.5. The van der Waals surface area contributed by atoms with E-state index >= 15 is 0 Å². The third kappa shape index (κ3) is 3.78. The molecule has 2 N–H and O–H groups in total. The molecule has 0 aromatic carbocycles. The number of nitrogens with one attached hydrogen (secondary N) is 2. The third-order valence-electron chi connectivity index (χ3n) is 2.66. The number of halogens is 3. The molecule has 2 rings (SSSR count). The van der Waals surface area contributed by atoms with Crippen LogP contribution in [0.5, 0.6) is 0 Å². The average Bonchev–Trinajstić information content (AvgIpc) is 2.76. The molecule has 0 saturated carbocycles.